The molecule has 0 N–H and O–H groups in total. The Morgan fingerprint density at radius 3 is 1.95 bits per heavy atom. The number of para-hydroxylation sites is 1. The van der Waals surface area contributed by atoms with Crippen LogP contribution in [0.1, 0.15) is 65.8 Å². The molecule has 0 aliphatic heterocycles. The largest absolute Gasteiger partial charge is 0.456 e. The number of anilines is 3. The van der Waals surface area contributed by atoms with E-state index >= 15 is 0 Å². The fourth-order valence-corrected chi connectivity index (χ4v) is 11.5. The third-order valence-electron chi connectivity index (χ3n) is 14.3. The summed E-state index contributed by atoms with van der Waals surface area (Å²) in [5.41, 5.74) is 19.2. The van der Waals surface area contributed by atoms with E-state index in [1.54, 1.807) is 0 Å². The van der Waals surface area contributed by atoms with Crippen LogP contribution in [0.4, 0.5) is 17.1 Å². The van der Waals surface area contributed by atoms with Crippen molar-refractivity contribution >= 4 is 49.8 Å². The van der Waals surface area contributed by atoms with Crippen LogP contribution in [-0.4, -0.2) is 0 Å². The van der Waals surface area contributed by atoms with Gasteiger partial charge >= 0.3 is 0 Å². The molecule has 3 aliphatic rings. The maximum atomic E-state index is 6.53. The lowest BCUT2D eigenvalue weighted by atomic mass is 9.61. The van der Waals surface area contributed by atoms with Crippen molar-refractivity contribution in [3.05, 3.63) is 222 Å². The smallest absolute Gasteiger partial charge is 0.137 e. The summed E-state index contributed by atoms with van der Waals surface area (Å²) in [6.07, 6.45) is 6.56. The van der Waals surface area contributed by atoms with Crippen molar-refractivity contribution in [3.63, 3.8) is 0 Å². The Morgan fingerprint density at radius 1 is 0.410 bits per heavy atom. The quantitative estimate of drug-likeness (QED) is 0.173. The van der Waals surface area contributed by atoms with Gasteiger partial charge in [-0.15, -0.1) is 0 Å². The van der Waals surface area contributed by atoms with Crippen molar-refractivity contribution in [2.75, 3.05) is 4.90 Å². The third-order valence-corrected chi connectivity index (χ3v) is 14.3. The Labute approximate surface area is 356 Å². The molecule has 0 amide bonds. The molecule has 1 atom stereocenters. The highest BCUT2D eigenvalue weighted by Crippen LogP contribution is 2.63. The summed E-state index contributed by atoms with van der Waals surface area (Å²) in [6, 6.07) is 72.7. The molecule has 0 saturated heterocycles. The van der Waals surface area contributed by atoms with Gasteiger partial charge in [0.1, 0.15) is 11.2 Å². The van der Waals surface area contributed by atoms with E-state index < -0.39 is 5.41 Å². The van der Waals surface area contributed by atoms with Crippen LogP contribution in [-0.2, 0) is 5.41 Å². The van der Waals surface area contributed by atoms with E-state index in [1.165, 1.54) is 104 Å². The molecule has 290 valence electrons. The van der Waals surface area contributed by atoms with E-state index in [4.69, 9.17) is 4.42 Å². The van der Waals surface area contributed by atoms with Crippen molar-refractivity contribution in [2.24, 2.45) is 0 Å². The minimum Gasteiger partial charge on any atom is -0.456 e. The molecule has 1 aromatic heterocycles. The Kier molecular flexibility index (Phi) is 7.63. The maximum absolute atomic E-state index is 6.53. The van der Waals surface area contributed by atoms with Gasteiger partial charge in [0.25, 0.3) is 0 Å². The molecule has 1 heterocycles. The summed E-state index contributed by atoms with van der Waals surface area (Å²) >= 11 is 0. The van der Waals surface area contributed by atoms with Gasteiger partial charge in [-0.05, 0) is 133 Å². The molecule has 1 fully saturated rings. The first-order chi connectivity index (χ1) is 30.2. The number of hydrogen-bond acceptors (Lipinski definition) is 2. The highest BCUT2D eigenvalue weighted by Gasteiger charge is 2.50. The number of furan rings is 1. The average molecular weight is 782 g/mol. The first-order valence-electron chi connectivity index (χ1n) is 22.0. The molecule has 1 unspecified atom stereocenters. The molecule has 13 rings (SSSR count). The van der Waals surface area contributed by atoms with Crippen LogP contribution >= 0.6 is 0 Å². The van der Waals surface area contributed by atoms with Crippen LogP contribution in [0, 0.1) is 0 Å². The van der Waals surface area contributed by atoms with E-state index in [9.17, 15) is 0 Å². The van der Waals surface area contributed by atoms with E-state index in [0.717, 1.165) is 39.0 Å². The standard InChI is InChI=1S/C59H43NO/c1-3-13-38(14-4-1)40-25-28-43(29-26-40)60(45-31-33-49-48-20-8-10-24-56(48)61-57(49)37-45)44-30-32-47-46-19-7-9-22-52(46)59(55(47)36-44)53-34-27-42(39-15-5-2-6-16-39)35-51(53)50-21-11-17-41-18-12-23-54(59)58(41)50/h1,3-4,7-14,17-37,39H,2,5-6,15-16H2. The molecule has 9 aromatic carbocycles. The SMILES string of the molecule is c1ccc(-c2ccc(N(c3ccc4c(c3)C3(c5ccccc5-4)c4ccc(C5CCCCC5)cc4-c4cccc5cccc3c45)c3ccc4c(c3)oc3ccccc34)cc2)cc1. The van der Waals surface area contributed by atoms with E-state index in [-0.39, 0.29) is 0 Å². The third kappa shape index (κ3) is 5.09. The summed E-state index contributed by atoms with van der Waals surface area (Å²) in [6.45, 7) is 0. The molecule has 0 bridgehead atoms. The zero-order valence-electron chi connectivity index (χ0n) is 33.9. The molecule has 3 aliphatic carbocycles. The molecule has 2 nitrogen and oxygen atoms in total. The lowest BCUT2D eigenvalue weighted by molar-refractivity contribution is 0.443. The lowest BCUT2D eigenvalue weighted by Crippen LogP contribution is -2.32. The Balaban J connectivity index is 1.07. The zero-order valence-corrected chi connectivity index (χ0v) is 33.9. The summed E-state index contributed by atoms with van der Waals surface area (Å²) in [7, 11) is 0. The van der Waals surface area contributed by atoms with Crippen LogP contribution in [0.5, 0.6) is 0 Å². The van der Waals surface area contributed by atoms with Crippen molar-refractivity contribution < 1.29 is 4.42 Å². The van der Waals surface area contributed by atoms with Gasteiger partial charge in [-0.25, -0.2) is 0 Å². The predicted molar refractivity (Wildman–Crippen MR) is 253 cm³/mol. The molecular weight excluding hydrogens is 739 g/mol. The number of benzene rings is 9. The summed E-state index contributed by atoms with van der Waals surface area (Å²) < 4.78 is 6.53. The molecule has 1 spiro atoms. The van der Waals surface area contributed by atoms with Gasteiger partial charge < -0.3 is 9.32 Å². The van der Waals surface area contributed by atoms with Gasteiger partial charge in [0.2, 0.25) is 0 Å². The lowest BCUT2D eigenvalue weighted by Gasteiger charge is -2.41. The minimum atomic E-state index is -0.512. The van der Waals surface area contributed by atoms with Gasteiger partial charge in [-0.3, -0.25) is 0 Å². The highest BCUT2D eigenvalue weighted by atomic mass is 16.3. The second-order valence-corrected chi connectivity index (χ2v) is 17.4. The van der Waals surface area contributed by atoms with E-state index in [1.807, 2.05) is 6.07 Å². The monoisotopic (exact) mass is 781 g/mol. The zero-order chi connectivity index (χ0) is 40.1. The molecule has 61 heavy (non-hydrogen) atoms. The minimum absolute atomic E-state index is 0.512. The van der Waals surface area contributed by atoms with Crippen molar-refractivity contribution in [1.29, 1.82) is 0 Å². The molecule has 1 saturated carbocycles. The topological polar surface area (TPSA) is 16.4 Å². The number of hydrogen-bond donors (Lipinski definition) is 0. The van der Waals surface area contributed by atoms with Crippen LogP contribution in [0.2, 0.25) is 0 Å². The first-order valence-corrected chi connectivity index (χ1v) is 22.0. The first kappa shape index (κ1) is 34.7. The van der Waals surface area contributed by atoms with Gasteiger partial charge in [-0.1, -0.05) is 165 Å². The van der Waals surface area contributed by atoms with Crippen LogP contribution in [0.25, 0.3) is 66.1 Å². The van der Waals surface area contributed by atoms with Gasteiger partial charge in [0.05, 0.1) is 5.41 Å². The van der Waals surface area contributed by atoms with Gasteiger partial charge in [-0.2, -0.15) is 0 Å². The van der Waals surface area contributed by atoms with Gasteiger partial charge in [0, 0.05) is 33.9 Å². The highest BCUT2D eigenvalue weighted by molar-refractivity contribution is 6.08. The summed E-state index contributed by atoms with van der Waals surface area (Å²) in [4.78, 5) is 2.42. The number of rotatable bonds is 5. The second-order valence-electron chi connectivity index (χ2n) is 17.4. The van der Waals surface area contributed by atoms with E-state index in [2.05, 4.69) is 193 Å². The fourth-order valence-electron chi connectivity index (χ4n) is 11.5. The normalized spacial score (nSPS) is 16.5. The summed E-state index contributed by atoms with van der Waals surface area (Å²) in [5.74, 6) is 0.618. The van der Waals surface area contributed by atoms with Crippen LogP contribution < -0.4 is 4.90 Å². The average Bonchev–Trinajstić information content (AvgIpc) is 3.84. The Morgan fingerprint density at radius 2 is 1.07 bits per heavy atom. The van der Waals surface area contributed by atoms with Crippen molar-refractivity contribution in [3.8, 4) is 33.4 Å². The second kappa shape index (κ2) is 13.4. The predicted octanol–water partition coefficient (Wildman–Crippen LogP) is 16.3. The number of nitrogens with zero attached hydrogens (tertiary/aromatic N) is 1. The number of fused-ring (bicyclic) bond motifs is 12. The van der Waals surface area contributed by atoms with Crippen LogP contribution in [0.3, 0.4) is 0 Å². The molecule has 10 aromatic rings. The van der Waals surface area contributed by atoms with Crippen molar-refractivity contribution in [2.45, 2.75) is 43.4 Å². The Bertz CT molecular complexity index is 3350. The summed E-state index contributed by atoms with van der Waals surface area (Å²) in [5, 5.41) is 4.93. The van der Waals surface area contributed by atoms with Gasteiger partial charge in [0.15, 0.2) is 0 Å². The molecule has 0 radical (unpaired) electrons. The molecule has 2 heteroatoms. The maximum Gasteiger partial charge on any atom is 0.137 e. The van der Waals surface area contributed by atoms with Crippen LogP contribution in [0.15, 0.2) is 199 Å². The fraction of sp³-hybridized carbons (Fsp3) is 0.119. The molecular formula is C59H43NO. The van der Waals surface area contributed by atoms with Crippen molar-refractivity contribution in [1.82, 2.24) is 0 Å². The van der Waals surface area contributed by atoms with E-state index in [0.29, 0.717) is 5.92 Å². The Hall–Kier alpha value is -7.16.